The minimum atomic E-state index is -2.65. The molecule has 1 aliphatic carbocycles. The van der Waals surface area contributed by atoms with Crippen LogP contribution in [0, 0.1) is 0 Å². The molecule has 0 spiro atoms. The van der Waals surface area contributed by atoms with Crippen LogP contribution in [0.4, 0.5) is 8.78 Å². The molecule has 0 fully saturated rings. The van der Waals surface area contributed by atoms with Crippen LogP contribution in [0.25, 0.3) is 0 Å². The lowest BCUT2D eigenvalue weighted by molar-refractivity contribution is 0.0573. The number of allylic oxidation sites excluding steroid dienone is 5. The molecule has 0 saturated heterocycles. The number of halogens is 2. The van der Waals surface area contributed by atoms with Gasteiger partial charge in [-0.15, -0.1) is 0 Å². The number of hydrogen-bond acceptors (Lipinski definition) is 0. The highest BCUT2D eigenvalue weighted by molar-refractivity contribution is 5.33. The van der Waals surface area contributed by atoms with E-state index in [0.29, 0.717) is 0 Å². The molecule has 10 heavy (non-hydrogen) atoms. The first kappa shape index (κ1) is 7.19. The molecule has 1 aliphatic rings. The highest BCUT2D eigenvalue weighted by Crippen LogP contribution is 2.26. The molecule has 0 saturated carbocycles. The molecule has 2 heteroatoms. The van der Waals surface area contributed by atoms with Gasteiger partial charge in [-0.25, -0.2) is 8.78 Å². The SMILES string of the molecule is C=CC1=CCC(F)(F)C=C1. The van der Waals surface area contributed by atoms with Crippen molar-refractivity contribution in [3.05, 3.63) is 36.5 Å². The maximum atomic E-state index is 12.3. The number of alkyl halides is 2. The van der Waals surface area contributed by atoms with E-state index in [9.17, 15) is 8.78 Å². The van der Waals surface area contributed by atoms with Gasteiger partial charge < -0.3 is 0 Å². The summed E-state index contributed by atoms with van der Waals surface area (Å²) in [7, 11) is 0. The predicted octanol–water partition coefficient (Wildman–Crippen LogP) is 2.69. The van der Waals surface area contributed by atoms with Crippen LogP contribution in [0.3, 0.4) is 0 Å². The van der Waals surface area contributed by atoms with Crippen molar-refractivity contribution in [1.29, 1.82) is 0 Å². The molecular weight excluding hydrogens is 134 g/mol. The first-order chi connectivity index (χ1) is 4.64. The molecule has 0 aliphatic heterocycles. The Hall–Kier alpha value is -0.920. The maximum Gasteiger partial charge on any atom is 0.270 e. The van der Waals surface area contributed by atoms with Gasteiger partial charge in [0.2, 0.25) is 0 Å². The van der Waals surface area contributed by atoms with Crippen molar-refractivity contribution in [2.75, 3.05) is 0 Å². The van der Waals surface area contributed by atoms with Gasteiger partial charge in [0.15, 0.2) is 0 Å². The molecule has 1 rings (SSSR count). The zero-order chi connectivity index (χ0) is 7.61. The highest BCUT2D eigenvalue weighted by Gasteiger charge is 2.25. The van der Waals surface area contributed by atoms with Gasteiger partial charge in [0, 0.05) is 6.42 Å². The van der Waals surface area contributed by atoms with E-state index in [1.165, 1.54) is 12.2 Å². The van der Waals surface area contributed by atoms with Gasteiger partial charge in [0.1, 0.15) is 0 Å². The fraction of sp³-hybridized carbons (Fsp3) is 0.250. The van der Waals surface area contributed by atoms with Crippen molar-refractivity contribution in [1.82, 2.24) is 0 Å². The van der Waals surface area contributed by atoms with Crippen LogP contribution in [0.1, 0.15) is 6.42 Å². The Morgan fingerprint density at radius 2 is 2.30 bits per heavy atom. The normalized spacial score (nSPS) is 22.0. The molecule has 0 aromatic carbocycles. The summed E-state index contributed by atoms with van der Waals surface area (Å²) in [6.07, 6.45) is 5.13. The summed E-state index contributed by atoms with van der Waals surface area (Å²) in [5.74, 6) is -2.65. The van der Waals surface area contributed by atoms with Gasteiger partial charge in [0.05, 0.1) is 0 Å². The molecule has 0 amide bonds. The standard InChI is InChI=1S/C8H8F2/c1-2-7-3-5-8(9,10)6-4-7/h2-5H,1,6H2. The molecule has 0 N–H and O–H groups in total. The lowest BCUT2D eigenvalue weighted by Crippen LogP contribution is -2.12. The first-order valence-electron chi connectivity index (χ1n) is 3.04. The summed E-state index contributed by atoms with van der Waals surface area (Å²) in [6.45, 7) is 3.47. The summed E-state index contributed by atoms with van der Waals surface area (Å²) in [4.78, 5) is 0. The Bertz CT molecular complexity index is 199. The summed E-state index contributed by atoms with van der Waals surface area (Å²) in [6, 6.07) is 0. The van der Waals surface area contributed by atoms with Crippen LogP contribution in [0.15, 0.2) is 36.5 Å². The third-order valence-electron chi connectivity index (χ3n) is 1.37. The van der Waals surface area contributed by atoms with E-state index in [4.69, 9.17) is 0 Å². The molecular formula is C8H8F2. The van der Waals surface area contributed by atoms with Gasteiger partial charge in [-0.1, -0.05) is 24.8 Å². The molecule has 0 bridgehead atoms. The predicted molar refractivity (Wildman–Crippen MR) is 37.0 cm³/mol. The molecule has 0 unspecified atom stereocenters. The summed E-state index contributed by atoms with van der Waals surface area (Å²) < 4.78 is 24.7. The fourth-order valence-corrected chi connectivity index (χ4v) is 0.760. The number of rotatable bonds is 1. The van der Waals surface area contributed by atoms with Gasteiger partial charge in [-0.05, 0) is 11.6 Å². The van der Waals surface area contributed by atoms with E-state index in [2.05, 4.69) is 6.58 Å². The first-order valence-corrected chi connectivity index (χ1v) is 3.04. The monoisotopic (exact) mass is 142 g/mol. The second-order valence-corrected chi connectivity index (χ2v) is 2.21. The lowest BCUT2D eigenvalue weighted by Gasteiger charge is -2.12. The topological polar surface area (TPSA) is 0 Å². The Labute approximate surface area is 58.6 Å². The van der Waals surface area contributed by atoms with E-state index in [1.807, 2.05) is 0 Å². The van der Waals surface area contributed by atoms with Crippen LogP contribution in [0.2, 0.25) is 0 Å². The molecule has 0 radical (unpaired) electrons. The largest absolute Gasteiger partial charge is 0.270 e. The Morgan fingerprint density at radius 1 is 1.60 bits per heavy atom. The second kappa shape index (κ2) is 2.37. The minimum Gasteiger partial charge on any atom is -0.202 e. The molecule has 0 atom stereocenters. The van der Waals surface area contributed by atoms with Crippen molar-refractivity contribution < 1.29 is 8.78 Å². The quantitative estimate of drug-likeness (QED) is 0.528. The van der Waals surface area contributed by atoms with E-state index in [1.54, 1.807) is 6.08 Å². The zero-order valence-electron chi connectivity index (χ0n) is 5.48. The smallest absolute Gasteiger partial charge is 0.202 e. The van der Waals surface area contributed by atoms with E-state index < -0.39 is 5.92 Å². The van der Waals surface area contributed by atoms with Crippen molar-refractivity contribution in [3.8, 4) is 0 Å². The molecule has 54 valence electrons. The third kappa shape index (κ3) is 1.53. The average molecular weight is 142 g/mol. The maximum absolute atomic E-state index is 12.3. The van der Waals surface area contributed by atoms with Crippen LogP contribution in [-0.4, -0.2) is 5.92 Å². The van der Waals surface area contributed by atoms with Crippen molar-refractivity contribution in [2.45, 2.75) is 12.3 Å². The molecule has 0 aromatic heterocycles. The van der Waals surface area contributed by atoms with Crippen molar-refractivity contribution in [2.24, 2.45) is 0 Å². The van der Waals surface area contributed by atoms with E-state index in [-0.39, 0.29) is 6.42 Å². The van der Waals surface area contributed by atoms with Crippen molar-refractivity contribution >= 4 is 0 Å². The summed E-state index contributed by atoms with van der Waals surface area (Å²) >= 11 is 0. The average Bonchev–Trinajstić information content (AvgIpc) is 1.88. The Morgan fingerprint density at radius 3 is 2.70 bits per heavy atom. The fourth-order valence-electron chi connectivity index (χ4n) is 0.760. The second-order valence-electron chi connectivity index (χ2n) is 2.21. The van der Waals surface area contributed by atoms with Gasteiger partial charge in [-0.2, -0.15) is 0 Å². The van der Waals surface area contributed by atoms with E-state index >= 15 is 0 Å². The number of hydrogen-bond donors (Lipinski definition) is 0. The molecule has 0 aromatic rings. The van der Waals surface area contributed by atoms with Crippen LogP contribution >= 0.6 is 0 Å². The zero-order valence-corrected chi connectivity index (χ0v) is 5.48. The Kier molecular flexibility index (Phi) is 1.70. The third-order valence-corrected chi connectivity index (χ3v) is 1.37. The van der Waals surface area contributed by atoms with Crippen molar-refractivity contribution in [3.63, 3.8) is 0 Å². The van der Waals surface area contributed by atoms with Crippen LogP contribution in [0.5, 0.6) is 0 Å². The van der Waals surface area contributed by atoms with Crippen LogP contribution < -0.4 is 0 Å². The van der Waals surface area contributed by atoms with Gasteiger partial charge in [-0.3, -0.25) is 0 Å². The summed E-state index contributed by atoms with van der Waals surface area (Å²) in [5, 5.41) is 0. The van der Waals surface area contributed by atoms with Gasteiger partial charge >= 0.3 is 0 Å². The Balaban J connectivity index is 2.72. The van der Waals surface area contributed by atoms with Crippen LogP contribution in [-0.2, 0) is 0 Å². The minimum absolute atomic E-state index is 0.204. The highest BCUT2D eigenvalue weighted by atomic mass is 19.3. The summed E-state index contributed by atoms with van der Waals surface area (Å²) in [5.41, 5.74) is 0.769. The lowest BCUT2D eigenvalue weighted by atomic mass is 10.0. The van der Waals surface area contributed by atoms with Gasteiger partial charge in [0.25, 0.3) is 5.92 Å². The molecule has 0 nitrogen and oxygen atoms in total. The van der Waals surface area contributed by atoms with E-state index in [0.717, 1.165) is 11.6 Å². The molecule has 0 heterocycles.